The van der Waals surface area contributed by atoms with Crippen molar-refractivity contribution in [3.8, 4) is 17.5 Å². The van der Waals surface area contributed by atoms with Crippen molar-refractivity contribution in [3.05, 3.63) is 41.6 Å². The number of aliphatic hydroxyl groups is 1. The highest BCUT2D eigenvalue weighted by atomic mass is 19.1. The number of alkyl halides is 1. The van der Waals surface area contributed by atoms with Gasteiger partial charge < -0.3 is 25.6 Å². The van der Waals surface area contributed by atoms with Crippen molar-refractivity contribution in [2.45, 2.75) is 19.1 Å². The number of amides is 1. The third-order valence-electron chi connectivity index (χ3n) is 4.30. The molecule has 1 aromatic heterocycles. The minimum absolute atomic E-state index is 0.0174. The lowest BCUT2D eigenvalue weighted by atomic mass is 10.1. The molecule has 1 unspecified atom stereocenters. The van der Waals surface area contributed by atoms with Crippen LogP contribution in [0.2, 0.25) is 0 Å². The number of rotatable bonds is 9. The minimum Gasteiger partial charge on any atom is -0.508 e. The highest BCUT2D eigenvalue weighted by molar-refractivity contribution is 5.97. The fourth-order valence-electron chi connectivity index (χ4n) is 2.95. The Morgan fingerprint density at radius 3 is 2.97 bits per heavy atom. The van der Waals surface area contributed by atoms with Gasteiger partial charge >= 0.3 is 6.01 Å². The molecule has 0 saturated heterocycles. The van der Waals surface area contributed by atoms with E-state index in [1.54, 1.807) is 25.4 Å². The maximum atomic E-state index is 13.8. The van der Waals surface area contributed by atoms with Gasteiger partial charge in [-0.15, -0.1) is 0 Å². The molecule has 1 aliphatic rings. The average molecular weight is 417 g/mol. The molecule has 1 aliphatic heterocycles. The smallest absolute Gasteiger partial charge is 0.304 e. The number of phenolic OH excluding ortho intramolecular Hbond substituents is 1. The number of carbonyl (C=O) groups excluding carboxylic acids is 1. The third kappa shape index (κ3) is 5.15. The normalized spacial score (nSPS) is 15.6. The van der Waals surface area contributed by atoms with E-state index in [4.69, 9.17) is 9.84 Å². The van der Waals surface area contributed by atoms with Gasteiger partial charge in [0.05, 0.1) is 13.1 Å². The summed E-state index contributed by atoms with van der Waals surface area (Å²) in [5.41, 5.74) is 0.764. The number of nitrogens with zero attached hydrogens (tertiary/aromatic N) is 3. The number of phenols is 1. The van der Waals surface area contributed by atoms with Crippen LogP contribution in [0, 0.1) is 0 Å². The number of aromatic nitrogens is 2. The number of carbonyl (C=O) groups is 1. The van der Waals surface area contributed by atoms with Crippen LogP contribution >= 0.6 is 0 Å². The minimum atomic E-state index is -1.20. The zero-order chi connectivity index (χ0) is 21.5. The number of hydrogen-bond acceptors (Lipinski definition) is 7. The second-order valence-electron chi connectivity index (χ2n) is 6.61. The highest BCUT2D eigenvalue weighted by Crippen LogP contribution is 2.29. The second kappa shape index (κ2) is 9.88. The number of imidazole rings is 1. The molecule has 3 rings (SSSR count). The third-order valence-corrected chi connectivity index (χ3v) is 4.30. The first-order chi connectivity index (χ1) is 14.5. The topological polar surface area (TPSA) is 121 Å². The number of aromatic hydroxyl groups is 1. The number of aliphatic hydroxyl groups excluding tert-OH is 1. The van der Waals surface area contributed by atoms with Crippen molar-refractivity contribution in [1.29, 1.82) is 0 Å². The lowest BCUT2D eigenvalue weighted by Gasteiger charge is -2.15. The zero-order valence-corrected chi connectivity index (χ0v) is 16.5. The van der Waals surface area contributed by atoms with E-state index in [2.05, 4.69) is 20.6 Å². The molecule has 4 N–H and O–H groups in total. The number of allylic oxidation sites excluding steroid dienone is 1. The summed E-state index contributed by atoms with van der Waals surface area (Å²) in [4.78, 5) is 21.2. The van der Waals surface area contributed by atoms with Gasteiger partial charge in [0.1, 0.15) is 17.7 Å². The van der Waals surface area contributed by atoms with Gasteiger partial charge in [-0.3, -0.25) is 14.4 Å². The van der Waals surface area contributed by atoms with Crippen LogP contribution in [0.15, 0.2) is 40.9 Å². The molecule has 2 heterocycles. The van der Waals surface area contributed by atoms with Gasteiger partial charge in [-0.05, 0) is 30.2 Å². The van der Waals surface area contributed by atoms with Crippen molar-refractivity contribution in [1.82, 2.24) is 14.9 Å². The van der Waals surface area contributed by atoms with Crippen molar-refractivity contribution in [2.75, 3.05) is 32.1 Å². The molecule has 0 fully saturated rings. The van der Waals surface area contributed by atoms with Crippen LogP contribution in [-0.2, 0) is 6.54 Å². The van der Waals surface area contributed by atoms with E-state index in [-0.39, 0.29) is 49.5 Å². The SMILES string of the molecule is CNc1nc(Oc2cccc(O)c2)n(CC2=CC(F)CN=C2)c1C(=O)NCCCO. The van der Waals surface area contributed by atoms with Crippen molar-refractivity contribution >= 4 is 17.9 Å². The summed E-state index contributed by atoms with van der Waals surface area (Å²) in [6.45, 7) is 0.403. The van der Waals surface area contributed by atoms with Gasteiger partial charge in [-0.1, -0.05) is 6.07 Å². The van der Waals surface area contributed by atoms with Gasteiger partial charge in [-0.2, -0.15) is 4.98 Å². The lowest BCUT2D eigenvalue weighted by molar-refractivity contribution is 0.0942. The summed E-state index contributed by atoms with van der Waals surface area (Å²) in [5.74, 6) is 0.197. The van der Waals surface area contributed by atoms with E-state index < -0.39 is 12.1 Å². The Morgan fingerprint density at radius 1 is 1.43 bits per heavy atom. The zero-order valence-electron chi connectivity index (χ0n) is 16.5. The second-order valence-corrected chi connectivity index (χ2v) is 6.61. The van der Waals surface area contributed by atoms with Crippen LogP contribution in [-0.4, -0.2) is 64.8 Å². The first-order valence-electron chi connectivity index (χ1n) is 9.50. The predicted octanol–water partition coefficient (Wildman–Crippen LogP) is 1.88. The first-order valence-corrected chi connectivity index (χ1v) is 9.50. The predicted molar refractivity (Wildman–Crippen MR) is 110 cm³/mol. The van der Waals surface area contributed by atoms with Crippen molar-refractivity contribution in [3.63, 3.8) is 0 Å². The highest BCUT2D eigenvalue weighted by Gasteiger charge is 2.25. The van der Waals surface area contributed by atoms with Crippen LogP contribution in [0.1, 0.15) is 16.9 Å². The Balaban J connectivity index is 1.99. The number of aliphatic imine (C=N–C) groups is 1. The molecule has 0 saturated carbocycles. The molecular weight excluding hydrogens is 393 g/mol. The summed E-state index contributed by atoms with van der Waals surface area (Å²) in [5, 5.41) is 24.2. The average Bonchev–Trinajstić information content (AvgIpc) is 3.05. The molecule has 1 aromatic carbocycles. The number of ether oxygens (including phenoxy) is 1. The summed E-state index contributed by atoms with van der Waals surface area (Å²) < 4.78 is 21.1. The summed E-state index contributed by atoms with van der Waals surface area (Å²) >= 11 is 0. The Morgan fingerprint density at radius 2 is 2.27 bits per heavy atom. The monoisotopic (exact) mass is 417 g/mol. The Bertz CT molecular complexity index is 957. The fraction of sp³-hybridized carbons (Fsp3) is 0.350. The van der Waals surface area contributed by atoms with Crippen molar-refractivity contribution in [2.24, 2.45) is 4.99 Å². The van der Waals surface area contributed by atoms with Gasteiger partial charge in [0.15, 0.2) is 11.5 Å². The molecule has 160 valence electrons. The first kappa shape index (κ1) is 21.3. The Kier molecular flexibility index (Phi) is 7.02. The molecule has 10 heteroatoms. The van der Waals surface area contributed by atoms with Crippen LogP contribution in [0.3, 0.4) is 0 Å². The molecule has 1 amide bonds. The molecule has 9 nitrogen and oxygen atoms in total. The maximum absolute atomic E-state index is 13.8. The Hall–Kier alpha value is -3.40. The molecule has 30 heavy (non-hydrogen) atoms. The van der Waals surface area contributed by atoms with Crippen LogP contribution < -0.4 is 15.4 Å². The van der Waals surface area contributed by atoms with E-state index in [9.17, 15) is 14.3 Å². The number of dihydropyridines is 1. The molecule has 0 aliphatic carbocycles. The lowest BCUT2D eigenvalue weighted by Crippen LogP contribution is -2.28. The van der Waals surface area contributed by atoms with Crippen LogP contribution in [0.4, 0.5) is 10.2 Å². The molecular formula is C20H24FN5O4. The van der Waals surface area contributed by atoms with Crippen LogP contribution in [0.5, 0.6) is 17.5 Å². The van der Waals surface area contributed by atoms with E-state index in [0.717, 1.165) is 0 Å². The number of nitrogens with one attached hydrogen (secondary N) is 2. The fourth-order valence-corrected chi connectivity index (χ4v) is 2.95. The maximum Gasteiger partial charge on any atom is 0.304 e. The van der Waals surface area contributed by atoms with Gasteiger partial charge in [0.25, 0.3) is 5.91 Å². The number of hydrogen-bond donors (Lipinski definition) is 4. The van der Waals surface area contributed by atoms with E-state index in [1.807, 2.05) is 0 Å². The largest absolute Gasteiger partial charge is 0.508 e. The number of halogens is 1. The van der Waals surface area contributed by atoms with E-state index in [0.29, 0.717) is 17.7 Å². The summed E-state index contributed by atoms with van der Waals surface area (Å²) in [7, 11) is 1.62. The van der Waals surface area contributed by atoms with Gasteiger partial charge in [0.2, 0.25) is 0 Å². The molecule has 1 atom stereocenters. The number of anilines is 1. The molecule has 0 spiro atoms. The number of benzene rings is 1. The van der Waals surface area contributed by atoms with Crippen molar-refractivity contribution < 1.29 is 24.1 Å². The molecule has 0 bridgehead atoms. The van der Waals surface area contributed by atoms with E-state index >= 15 is 0 Å². The summed E-state index contributed by atoms with van der Waals surface area (Å²) in [6.07, 6.45) is 2.20. The molecule has 0 radical (unpaired) electrons. The van der Waals surface area contributed by atoms with Gasteiger partial charge in [-0.25, -0.2) is 4.39 Å². The van der Waals surface area contributed by atoms with E-state index in [1.165, 1.54) is 22.8 Å². The quantitative estimate of drug-likeness (QED) is 0.463. The summed E-state index contributed by atoms with van der Waals surface area (Å²) in [6, 6.07) is 6.26. The standard InChI is InChI=1S/C20H24FN5O4/c1-22-18-17(19(29)24-6-3-7-27)26(12-13-8-14(21)11-23-10-13)20(25-18)30-16-5-2-4-15(28)9-16/h2,4-5,8-10,14,22,27-28H,3,6-7,11-12H2,1H3,(H,24,29). The van der Waals surface area contributed by atoms with Crippen LogP contribution in [0.25, 0.3) is 0 Å². The molecule has 2 aromatic rings. The Labute approximate surface area is 172 Å². The van der Waals surface area contributed by atoms with Gasteiger partial charge in [0, 0.05) is 32.5 Å².